The number of halogens is 1. The van der Waals surface area contributed by atoms with Crippen LogP contribution in [-0.2, 0) is 0 Å². The maximum absolute atomic E-state index is 12.1. The van der Waals surface area contributed by atoms with Crippen molar-refractivity contribution in [3.05, 3.63) is 28.2 Å². The smallest absolute Gasteiger partial charge is 0.257 e. The lowest BCUT2D eigenvalue weighted by Crippen LogP contribution is -2.48. The van der Waals surface area contributed by atoms with Gasteiger partial charge in [-0.1, -0.05) is 22.9 Å². The number of methoxy groups -OCH3 is 1. The maximum atomic E-state index is 12.1. The third-order valence-corrected chi connectivity index (χ3v) is 3.24. The Morgan fingerprint density at radius 1 is 1.50 bits per heavy atom. The number of nitrogens with zero attached hydrogens (tertiary/aromatic N) is 1. The summed E-state index contributed by atoms with van der Waals surface area (Å²) in [5, 5.41) is 0. The number of carbonyl (C=O) groups is 1. The highest BCUT2D eigenvalue weighted by atomic mass is 79.9. The average molecular weight is 284 g/mol. The molecule has 16 heavy (non-hydrogen) atoms. The molecule has 1 heterocycles. The molecule has 0 radical (unpaired) electrons. The molecule has 1 saturated heterocycles. The molecule has 0 spiro atoms. The second-order valence-electron chi connectivity index (χ2n) is 4.16. The van der Waals surface area contributed by atoms with Crippen LogP contribution in [0.2, 0.25) is 0 Å². The first-order valence-corrected chi connectivity index (χ1v) is 6.04. The number of amides is 1. The molecule has 1 amide bonds. The third-order valence-electron chi connectivity index (χ3n) is 2.74. The van der Waals surface area contributed by atoms with Gasteiger partial charge in [-0.15, -0.1) is 0 Å². The molecule has 4 heteroatoms. The van der Waals surface area contributed by atoms with Crippen molar-refractivity contribution in [3.8, 4) is 5.75 Å². The van der Waals surface area contributed by atoms with Crippen LogP contribution in [0.5, 0.6) is 5.75 Å². The molecule has 1 aliphatic rings. The van der Waals surface area contributed by atoms with Crippen LogP contribution in [0.3, 0.4) is 0 Å². The fourth-order valence-electron chi connectivity index (χ4n) is 1.88. The van der Waals surface area contributed by atoms with Crippen LogP contribution in [0.15, 0.2) is 22.7 Å². The van der Waals surface area contributed by atoms with Crippen molar-refractivity contribution in [1.29, 1.82) is 0 Å². The Morgan fingerprint density at radius 2 is 2.19 bits per heavy atom. The molecule has 0 aliphatic carbocycles. The molecule has 0 unspecified atom stereocenters. The summed E-state index contributed by atoms with van der Waals surface area (Å²) < 4.78 is 6.09. The summed E-state index contributed by atoms with van der Waals surface area (Å²) in [6.45, 7) is 3.82. The van der Waals surface area contributed by atoms with E-state index < -0.39 is 0 Å². The van der Waals surface area contributed by atoms with E-state index in [9.17, 15) is 4.79 Å². The summed E-state index contributed by atoms with van der Waals surface area (Å²) >= 11 is 3.37. The quantitative estimate of drug-likeness (QED) is 0.835. The Labute approximate surface area is 104 Å². The Morgan fingerprint density at radius 3 is 2.75 bits per heavy atom. The van der Waals surface area contributed by atoms with Gasteiger partial charge in [0.25, 0.3) is 5.91 Å². The first-order chi connectivity index (χ1) is 7.61. The topological polar surface area (TPSA) is 29.5 Å². The van der Waals surface area contributed by atoms with Gasteiger partial charge in [-0.3, -0.25) is 4.79 Å². The van der Waals surface area contributed by atoms with Gasteiger partial charge in [-0.2, -0.15) is 0 Å². The van der Waals surface area contributed by atoms with Gasteiger partial charge < -0.3 is 9.64 Å². The van der Waals surface area contributed by atoms with Gasteiger partial charge >= 0.3 is 0 Å². The summed E-state index contributed by atoms with van der Waals surface area (Å²) in [6.07, 6.45) is 0. The van der Waals surface area contributed by atoms with Crippen LogP contribution in [-0.4, -0.2) is 31.0 Å². The van der Waals surface area contributed by atoms with Crippen LogP contribution in [0.4, 0.5) is 0 Å². The fourth-order valence-corrected chi connectivity index (χ4v) is 2.24. The Balaban J connectivity index is 2.24. The van der Waals surface area contributed by atoms with E-state index in [-0.39, 0.29) is 5.91 Å². The number of carbonyl (C=O) groups excluding carboxylic acids is 1. The number of rotatable bonds is 2. The SMILES string of the molecule is COc1ccc(Br)cc1C(=O)N1CC(C)C1. The Bertz CT molecular complexity index is 413. The first-order valence-electron chi connectivity index (χ1n) is 5.24. The summed E-state index contributed by atoms with van der Waals surface area (Å²) in [4.78, 5) is 14.0. The number of ether oxygens (including phenoxy) is 1. The summed E-state index contributed by atoms with van der Waals surface area (Å²) in [6, 6.07) is 5.49. The van der Waals surface area contributed by atoms with Gasteiger partial charge in [0, 0.05) is 17.6 Å². The molecular formula is C12H14BrNO2. The van der Waals surface area contributed by atoms with Crippen LogP contribution >= 0.6 is 15.9 Å². The molecule has 1 aromatic carbocycles. The van der Waals surface area contributed by atoms with E-state index >= 15 is 0 Å². The van der Waals surface area contributed by atoms with Gasteiger partial charge in [-0.05, 0) is 24.1 Å². The first kappa shape index (κ1) is 11.5. The molecule has 0 atom stereocenters. The largest absolute Gasteiger partial charge is 0.496 e. The molecule has 0 saturated carbocycles. The molecule has 0 N–H and O–H groups in total. The Hall–Kier alpha value is -1.03. The van der Waals surface area contributed by atoms with Crippen LogP contribution in [0, 0.1) is 5.92 Å². The molecule has 1 aliphatic heterocycles. The van der Waals surface area contributed by atoms with Crippen LogP contribution < -0.4 is 4.74 Å². The standard InChI is InChI=1S/C12H14BrNO2/c1-8-6-14(7-8)12(15)10-5-9(13)3-4-11(10)16-2/h3-5,8H,6-7H2,1-2H3. The molecule has 0 bridgehead atoms. The summed E-state index contributed by atoms with van der Waals surface area (Å²) in [7, 11) is 1.58. The monoisotopic (exact) mass is 283 g/mol. The molecule has 1 fully saturated rings. The van der Waals surface area contributed by atoms with Crippen molar-refractivity contribution >= 4 is 21.8 Å². The highest BCUT2D eigenvalue weighted by Gasteiger charge is 2.29. The van der Waals surface area contributed by atoms with Gasteiger partial charge in [0.05, 0.1) is 12.7 Å². The lowest BCUT2D eigenvalue weighted by Gasteiger charge is -2.37. The number of benzene rings is 1. The van der Waals surface area contributed by atoms with Gasteiger partial charge in [0.2, 0.25) is 0 Å². The number of hydrogen-bond acceptors (Lipinski definition) is 2. The zero-order valence-corrected chi connectivity index (χ0v) is 11.0. The molecule has 1 aromatic rings. The van der Waals surface area contributed by atoms with E-state index in [1.165, 1.54) is 0 Å². The minimum absolute atomic E-state index is 0.0521. The minimum Gasteiger partial charge on any atom is -0.496 e. The summed E-state index contributed by atoms with van der Waals surface area (Å²) in [5.74, 6) is 1.30. The van der Waals surface area contributed by atoms with Crippen molar-refractivity contribution in [1.82, 2.24) is 4.90 Å². The van der Waals surface area contributed by atoms with E-state index in [0.717, 1.165) is 17.6 Å². The third kappa shape index (κ3) is 2.07. The van der Waals surface area contributed by atoms with Gasteiger partial charge in [0.1, 0.15) is 5.75 Å². The normalized spacial score (nSPS) is 15.8. The fraction of sp³-hybridized carbons (Fsp3) is 0.417. The molecular weight excluding hydrogens is 270 g/mol. The van der Waals surface area contributed by atoms with Gasteiger partial charge in [0.15, 0.2) is 0 Å². The van der Waals surface area contributed by atoms with Crippen molar-refractivity contribution in [2.45, 2.75) is 6.92 Å². The van der Waals surface area contributed by atoms with Crippen molar-refractivity contribution in [2.75, 3.05) is 20.2 Å². The second-order valence-corrected chi connectivity index (χ2v) is 5.08. The lowest BCUT2D eigenvalue weighted by atomic mass is 10.0. The molecule has 86 valence electrons. The van der Waals surface area contributed by atoms with Crippen LogP contribution in [0.25, 0.3) is 0 Å². The van der Waals surface area contributed by atoms with Crippen molar-refractivity contribution < 1.29 is 9.53 Å². The number of hydrogen-bond donors (Lipinski definition) is 0. The van der Waals surface area contributed by atoms with E-state index in [1.807, 2.05) is 17.0 Å². The van der Waals surface area contributed by atoms with Crippen LogP contribution in [0.1, 0.15) is 17.3 Å². The van der Waals surface area contributed by atoms with E-state index in [4.69, 9.17) is 4.74 Å². The highest BCUT2D eigenvalue weighted by Crippen LogP contribution is 2.26. The zero-order chi connectivity index (χ0) is 11.7. The highest BCUT2D eigenvalue weighted by molar-refractivity contribution is 9.10. The van der Waals surface area contributed by atoms with E-state index in [0.29, 0.717) is 17.2 Å². The minimum atomic E-state index is 0.0521. The lowest BCUT2D eigenvalue weighted by molar-refractivity contribution is 0.0527. The molecule has 0 aromatic heterocycles. The van der Waals surface area contributed by atoms with Crippen molar-refractivity contribution in [3.63, 3.8) is 0 Å². The second kappa shape index (κ2) is 4.45. The zero-order valence-electron chi connectivity index (χ0n) is 9.37. The molecule has 3 nitrogen and oxygen atoms in total. The Kier molecular flexibility index (Phi) is 3.19. The van der Waals surface area contributed by atoms with Crippen molar-refractivity contribution in [2.24, 2.45) is 5.92 Å². The number of likely N-dealkylation sites (tertiary alicyclic amines) is 1. The maximum Gasteiger partial charge on any atom is 0.257 e. The predicted molar refractivity (Wildman–Crippen MR) is 65.8 cm³/mol. The predicted octanol–water partition coefficient (Wildman–Crippen LogP) is 2.55. The molecule has 2 rings (SSSR count). The van der Waals surface area contributed by atoms with E-state index in [1.54, 1.807) is 13.2 Å². The summed E-state index contributed by atoms with van der Waals surface area (Å²) in [5.41, 5.74) is 0.628. The average Bonchev–Trinajstić information content (AvgIpc) is 2.24. The van der Waals surface area contributed by atoms with E-state index in [2.05, 4.69) is 22.9 Å². The van der Waals surface area contributed by atoms with Gasteiger partial charge in [-0.25, -0.2) is 0 Å².